The third-order valence-electron chi connectivity index (χ3n) is 2.33. The highest BCUT2D eigenvalue weighted by atomic mass is 79.9. The molecule has 1 heterocycles. The van der Waals surface area contributed by atoms with E-state index in [0.717, 1.165) is 10.5 Å². The predicted octanol–water partition coefficient (Wildman–Crippen LogP) is 3.17. The maximum atomic E-state index is 13.1. The molecule has 0 saturated carbocycles. The van der Waals surface area contributed by atoms with Crippen LogP contribution in [0.4, 0.5) is 8.78 Å². The number of rotatable bonds is 2. The fraction of sp³-hybridized carbons (Fsp3) is 0.0833. The normalized spacial score (nSPS) is 12.5. The first-order valence-corrected chi connectivity index (χ1v) is 5.67. The van der Waals surface area contributed by atoms with E-state index >= 15 is 0 Å². The molecule has 2 nitrogen and oxygen atoms in total. The van der Waals surface area contributed by atoms with Crippen molar-refractivity contribution in [3.8, 4) is 0 Å². The van der Waals surface area contributed by atoms with E-state index in [9.17, 15) is 8.78 Å². The summed E-state index contributed by atoms with van der Waals surface area (Å²) >= 11 is 3.27. The number of nitrogens with two attached hydrogens (primary N) is 1. The lowest BCUT2D eigenvalue weighted by atomic mass is 10.0. The van der Waals surface area contributed by atoms with Crippen LogP contribution in [-0.4, -0.2) is 4.98 Å². The SMILES string of the molecule is NC(c1cc(F)cc(F)c1)c1cncc(Br)c1. The Kier molecular flexibility index (Phi) is 3.49. The first-order chi connectivity index (χ1) is 8.06. The van der Waals surface area contributed by atoms with Crippen LogP contribution in [0.25, 0.3) is 0 Å². The fourth-order valence-electron chi connectivity index (χ4n) is 1.55. The van der Waals surface area contributed by atoms with Crippen molar-refractivity contribution in [1.29, 1.82) is 0 Å². The molecule has 1 aromatic heterocycles. The third-order valence-corrected chi connectivity index (χ3v) is 2.76. The highest BCUT2D eigenvalue weighted by Crippen LogP contribution is 2.22. The second-order valence-corrected chi connectivity index (χ2v) is 4.53. The Morgan fingerprint density at radius 2 is 1.65 bits per heavy atom. The lowest BCUT2D eigenvalue weighted by Crippen LogP contribution is -2.12. The molecule has 2 N–H and O–H groups in total. The van der Waals surface area contributed by atoms with Crippen molar-refractivity contribution < 1.29 is 8.78 Å². The Morgan fingerprint density at radius 3 is 2.24 bits per heavy atom. The second-order valence-electron chi connectivity index (χ2n) is 3.62. The van der Waals surface area contributed by atoms with Crippen LogP contribution in [0.15, 0.2) is 41.1 Å². The van der Waals surface area contributed by atoms with Crippen LogP contribution in [0.2, 0.25) is 0 Å². The van der Waals surface area contributed by atoms with Gasteiger partial charge in [-0.1, -0.05) is 0 Å². The summed E-state index contributed by atoms with van der Waals surface area (Å²) in [6.07, 6.45) is 3.18. The van der Waals surface area contributed by atoms with Gasteiger partial charge in [0, 0.05) is 22.9 Å². The summed E-state index contributed by atoms with van der Waals surface area (Å²) in [6, 6.07) is 4.41. The Balaban J connectivity index is 2.39. The van der Waals surface area contributed by atoms with Gasteiger partial charge in [0.1, 0.15) is 11.6 Å². The summed E-state index contributed by atoms with van der Waals surface area (Å²) in [5.74, 6) is -1.28. The molecule has 88 valence electrons. The van der Waals surface area contributed by atoms with Gasteiger partial charge in [0.05, 0.1) is 6.04 Å². The maximum absolute atomic E-state index is 13.1. The first kappa shape index (κ1) is 12.1. The molecule has 0 spiro atoms. The number of hydrogen-bond donors (Lipinski definition) is 1. The van der Waals surface area contributed by atoms with Gasteiger partial charge in [-0.2, -0.15) is 0 Å². The Labute approximate surface area is 106 Å². The van der Waals surface area contributed by atoms with E-state index in [4.69, 9.17) is 5.73 Å². The monoisotopic (exact) mass is 298 g/mol. The molecule has 17 heavy (non-hydrogen) atoms. The molecule has 0 aliphatic rings. The van der Waals surface area contributed by atoms with Gasteiger partial charge in [-0.3, -0.25) is 4.98 Å². The van der Waals surface area contributed by atoms with Crippen LogP contribution in [0.1, 0.15) is 17.2 Å². The molecule has 0 fully saturated rings. The molecule has 0 aliphatic heterocycles. The van der Waals surface area contributed by atoms with Crippen LogP contribution in [0.3, 0.4) is 0 Å². The topological polar surface area (TPSA) is 38.9 Å². The van der Waals surface area contributed by atoms with Gasteiger partial charge in [0.2, 0.25) is 0 Å². The number of nitrogens with zero attached hydrogens (tertiary/aromatic N) is 1. The summed E-state index contributed by atoms with van der Waals surface area (Å²) in [5.41, 5.74) is 6.99. The summed E-state index contributed by atoms with van der Waals surface area (Å²) in [6.45, 7) is 0. The summed E-state index contributed by atoms with van der Waals surface area (Å²) in [4.78, 5) is 3.96. The van der Waals surface area contributed by atoms with E-state index in [-0.39, 0.29) is 0 Å². The van der Waals surface area contributed by atoms with E-state index in [1.165, 1.54) is 12.1 Å². The van der Waals surface area contributed by atoms with Gasteiger partial charge in [-0.15, -0.1) is 0 Å². The number of benzene rings is 1. The van der Waals surface area contributed by atoms with Gasteiger partial charge in [0.15, 0.2) is 0 Å². The van der Waals surface area contributed by atoms with Gasteiger partial charge in [-0.05, 0) is 45.3 Å². The molecular weight excluding hydrogens is 290 g/mol. The minimum absolute atomic E-state index is 0.377. The van der Waals surface area contributed by atoms with Crippen LogP contribution in [0.5, 0.6) is 0 Å². The molecule has 0 amide bonds. The van der Waals surface area contributed by atoms with Gasteiger partial charge >= 0.3 is 0 Å². The van der Waals surface area contributed by atoms with Gasteiger partial charge in [-0.25, -0.2) is 8.78 Å². The van der Waals surface area contributed by atoms with Crippen molar-refractivity contribution in [2.24, 2.45) is 5.73 Å². The highest BCUT2D eigenvalue weighted by molar-refractivity contribution is 9.10. The highest BCUT2D eigenvalue weighted by Gasteiger charge is 2.12. The van der Waals surface area contributed by atoms with E-state index in [2.05, 4.69) is 20.9 Å². The maximum Gasteiger partial charge on any atom is 0.126 e. The number of halogens is 3. The molecule has 5 heteroatoms. The Bertz CT molecular complexity index is 526. The van der Waals surface area contributed by atoms with Crippen LogP contribution in [-0.2, 0) is 0 Å². The van der Waals surface area contributed by atoms with Crippen LogP contribution >= 0.6 is 15.9 Å². The largest absolute Gasteiger partial charge is 0.320 e. The van der Waals surface area contributed by atoms with E-state index in [1.54, 1.807) is 18.5 Å². The summed E-state index contributed by atoms with van der Waals surface area (Å²) in [7, 11) is 0. The van der Waals surface area contributed by atoms with Crippen molar-refractivity contribution in [3.63, 3.8) is 0 Å². The summed E-state index contributed by atoms with van der Waals surface area (Å²) < 4.78 is 26.9. The molecule has 2 rings (SSSR count). The standard InChI is InChI=1S/C12H9BrF2N2/c13-9-1-8(5-17-6-9)12(16)7-2-10(14)4-11(15)3-7/h1-6,12H,16H2. The minimum Gasteiger partial charge on any atom is -0.320 e. The molecule has 0 aliphatic carbocycles. The Hall–Kier alpha value is -1.33. The molecule has 0 radical (unpaired) electrons. The van der Waals surface area contributed by atoms with E-state index in [0.29, 0.717) is 11.1 Å². The predicted molar refractivity (Wildman–Crippen MR) is 64.3 cm³/mol. The van der Waals surface area contributed by atoms with Crippen molar-refractivity contribution in [2.45, 2.75) is 6.04 Å². The molecule has 2 aromatic rings. The van der Waals surface area contributed by atoms with Crippen molar-refractivity contribution in [3.05, 3.63) is 63.9 Å². The molecule has 1 atom stereocenters. The zero-order chi connectivity index (χ0) is 12.4. The van der Waals surface area contributed by atoms with Crippen molar-refractivity contribution >= 4 is 15.9 Å². The van der Waals surface area contributed by atoms with Crippen LogP contribution in [0, 0.1) is 11.6 Å². The molecule has 1 aromatic carbocycles. The average molecular weight is 299 g/mol. The summed E-state index contributed by atoms with van der Waals surface area (Å²) in [5, 5.41) is 0. The van der Waals surface area contributed by atoms with E-state index in [1.807, 2.05) is 0 Å². The quantitative estimate of drug-likeness (QED) is 0.925. The second kappa shape index (κ2) is 4.89. The Morgan fingerprint density at radius 1 is 1.00 bits per heavy atom. The zero-order valence-electron chi connectivity index (χ0n) is 8.70. The lowest BCUT2D eigenvalue weighted by molar-refractivity contribution is 0.577. The average Bonchev–Trinajstić information content (AvgIpc) is 2.26. The minimum atomic E-state index is -0.640. The van der Waals surface area contributed by atoms with E-state index < -0.39 is 17.7 Å². The van der Waals surface area contributed by atoms with Crippen LogP contribution < -0.4 is 5.73 Å². The molecular formula is C12H9BrF2N2. The third kappa shape index (κ3) is 2.87. The number of aromatic nitrogens is 1. The lowest BCUT2D eigenvalue weighted by Gasteiger charge is -2.12. The van der Waals surface area contributed by atoms with Crippen molar-refractivity contribution in [1.82, 2.24) is 4.98 Å². The number of hydrogen-bond acceptors (Lipinski definition) is 2. The number of pyridine rings is 1. The smallest absolute Gasteiger partial charge is 0.126 e. The zero-order valence-corrected chi connectivity index (χ0v) is 10.3. The fourth-order valence-corrected chi connectivity index (χ4v) is 1.93. The first-order valence-electron chi connectivity index (χ1n) is 4.88. The molecule has 0 saturated heterocycles. The van der Waals surface area contributed by atoms with Gasteiger partial charge < -0.3 is 5.73 Å². The van der Waals surface area contributed by atoms with Gasteiger partial charge in [0.25, 0.3) is 0 Å². The van der Waals surface area contributed by atoms with Crippen molar-refractivity contribution in [2.75, 3.05) is 0 Å². The molecule has 0 bridgehead atoms. The molecule has 1 unspecified atom stereocenters.